The summed E-state index contributed by atoms with van der Waals surface area (Å²) in [5.74, 6) is -0.0906. The number of nitrogens with one attached hydrogen (secondary N) is 1. The molecular weight excluding hydrogens is 349 g/mol. The zero-order valence-corrected chi connectivity index (χ0v) is 13.3. The van der Waals surface area contributed by atoms with Gasteiger partial charge in [-0.1, -0.05) is 29.3 Å². The minimum absolute atomic E-state index is 0.00269. The van der Waals surface area contributed by atoms with E-state index in [9.17, 15) is 18.0 Å². The number of carbonyl (C=O) groups is 1. The Labute approximate surface area is 130 Å². The Bertz CT molecular complexity index is 443. The number of rotatable bonds is 7. The van der Waals surface area contributed by atoms with Gasteiger partial charge in [0.25, 0.3) is 5.91 Å². The quantitative estimate of drug-likeness (QED) is 0.740. The minimum Gasteiger partial charge on any atom is -0.350 e. The van der Waals surface area contributed by atoms with Gasteiger partial charge < -0.3 is 5.32 Å². The maximum atomic E-state index is 12.4. The smallest absolute Gasteiger partial charge is 0.350 e. The van der Waals surface area contributed by atoms with Gasteiger partial charge in [0.05, 0.1) is 5.56 Å². The van der Waals surface area contributed by atoms with Crippen molar-refractivity contribution >= 4 is 21.8 Å². The second kappa shape index (κ2) is 8.36. The summed E-state index contributed by atoms with van der Waals surface area (Å²) in [5, 5.41) is 3.58. The lowest BCUT2D eigenvalue weighted by Gasteiger charge is -2.15. The summed E-state index contributed by atoms with van der Waals surface area (Å²) in [5.41, 5.74) is -0.862. The third-order valence-corrected chi connectivity index (χ3v) is 3.55. The highest BCUT2D eigenvalue weighted by Gasteiger charge is 2.30. The first-order valence-electron chi connectivity index (χ1n) is 6.75. The number of halogens is 4. The standard InChI is InChI=1S/C14H18BrF3N2O/c1-2-3-10(6-7-15)8-20-13(21)12-5-4-11(9-19-12)14(16,17)18/h4-5,9-10H,2-3,6-8H2,1H3,(H,20,21). The molecule has 0 aliphatic carbocycles. The molecule has 0 fully saturated rings. The van der Waals surface area contributed by atoms with Crippen molar-refractivity contribution < 1.29 is 18.0 Å². The van der Waals surface area contributed by atoms with E-state index in [-0.39, 0.29) is 5.69 Å². The van der Waals surface area contributed by atoms with Crippen molar-refractivity contribution in [3.63, 3.8) is 0 Å². The fourth-order valence-corrected chi connectivity index (χ4v) is 2.58. The number of aromatic nitrogens is 1. The molecule has 0 aliphatic heterocycles. The Morgan fingerprint density at radius 3 is 2.57 bits per heavy atom. The van der Waals surface area contributed by atoms with Gasteiger partial charge in [-0.3, -0.25) is 9.78 Å². The molecule has 0 aliphatic rings. The highest BCUT2D eigenvalue weighted by Crippen LogP contribution is 2.28. The number of hydrogen-bond acceptors (Lipinski definition) is 2. The average molecular weight is 367 g/mol. The summed E-state index contributed by atoms with van der Waals surface area (Å²) >= 11 is 3.37. The first-order valence-corrected chi connectivity index (χ1v) is 7.88. The van der Waals surface area contributed by atoms with Gasteiger partial charge in [-0.2, -0.15) is 13.2 Å². The number of amides is 1. The lowest BCUT2D eigenvalue weighted by Crippen LogP contribution is -2.30. The summed E-state index contributed by atoms with van der Waals surface area (Å²) in [4.78, 5) is 15.4. The van der Waals surface area contributed by atoms with Crippen LogP contribution in [0, 0.1) is 5.92 Å². The number of nitrogens with zero attached hydrogens (tertiary/aromatic N) is 1. The van der Waals surface area contributed by atoms with E-state index in [1.54, 1.807) is 0 Å². The summed E-state index contributed by atoms with van der Waals surface area (Å²) < 4.78 is 37.2. The average Bonchev–Trinajstić information content (AvgIpc) is 2.44. The Morgan fingerprint density at radius 1 is 1.38 bits per heavy atom. The number of hydrogen-bond donors (Lipinski definition) is 1. The van der Waals surface area contributed by atoms with Crippen LogP contribution in [0.5, 0.6) is 0 Å². The Kier molecular flexibility index (Phi) is 7.14. The van der Waals surface area contributed by atoms with Crippen molar-refractivity contribution in [2.24, 2.45) is 5.92 Å². The highest BCUT2D eigenvalue weighted by atomic mass is 79.9. The summed E-state index contributed by atoms with van der Waals surface area (Å²) in [7, 11) is 0. The van der Waals surface area contributed by atoms with E-state index in [4.69, 9.17) is 0 Å². The van der Waals surface area contributed by atoms with E-state index in [0.717, 1.165) is 36.7 Å². The molecule has 0 radical (unpaired) electrons. The maximum Gasteiger partial charge on any atom is 0.417 e. The van der Waals surface area contributed by atoms with Crippen LogP contribution in [-0.4, -0.2) is 22.8 Å². The number of pyridine rings is 1. The number of alkyl halides is 4. The van der Waals surface area contributed by atoms with Crippen molar-refractivity contribution in [3.8, 4) is 0 Å². The maximum absolute atomic E-state index is 12.4. The minimum atomic E-state index is -4.44. The molecule has 1 rings (SSSR count). The summed E-state index contributed by atoms with van der Waals surface area (Å²) in [6.45, 7) is 2.57. The van der Waals surface area contributed by atoms with E-state index in [0.29, 0.717) is 18.7 Å². The van der Waals surface area contributed by atoms with Gasteiger partial charge in [0.2, 0.25) is 0 Å². The van der Waals surface area contributed by atoms with E-state index < -0.39 is 17.6 Å². The summed E-state index contributed by atoms with van der Waals surface area (Å²) in [6, 6.07) is 1.96. The lowest BCUT2D eigenvalue weighted by atomic mass is 10.0. The topological polar surface area (TPSA) is 42.0 Å². The summed E-state index contributed by atoms with van der Waals surface area (Å²) in [6.07, 6.45) is -0.812. The molecule has 0 saturated carbocycles. The van der Waals surface area contributed by atoms with Crippen molar-refractivity contribution in [3.05, 3.63) is 29.6 Å². The van der Waals surface area contributed by atoms with Gasteiger partial charge in [0.15, 0.2) is 0 Å². The molecule has 0 saturated heterocycles. The van der Waals surface area contributed by atoms with Gasteiger partial charge in [-0.15, -0.1) is 0 Å². The van der Waals surface area contributed by atoms with Crippen LogP contribution in [0.3, 0.4) is 0 Å². The van der Waals surface area contributed by atoms with Crippen LogP contribution in [0.2, 0.25) is 0 Å². The molecular formula is C14H18BrF3N2O. The van der Waals surface area contributed by atoms with Crippen LogP contribution in [0.4, 0.5) is 13.2 Å². The van der Waals surface area contributed by atoms with Gasteiger partial charge in [-0.25, -0.2) is 0 Å². The number of carbonyl (C=O) groups excluding carboxylic acids is 1. The fourth-order valence-electron chi connectivity index (χ4n) is 1.93. The van der Waals surface area contributed by atoms with E-state index in [2.05, 4.69) is 33.2 Å². The van der Waals surface area contributed by atoms with Crippen molar-refractivity contribution in [1.82, 2.24) is 10.3 Å². The fraction of sp³-hybridized carbons (Fsp3) is 0.571. The van der Waals surface area contributed by atoms with Gasteiger partial charge in [0, 0.05) is 18.1 Å². The van der Waals surface area contributed by atoms with Gasteiger partial charge >= 0.3 is 6.18 Å². The molecule has 1 amide bonds. The zero-order chi connectivity index (χ0) is 15.9. The van der Waals surface area contributed by atoms with E-state index in [1.807, 2.05) is 0 Å². The predicted molar refractivity (Wildman–Crippen MR) is 78.4 cm³/mol. The third kappa shape index (κ3) is 6.03. The molecule has 0 bridgehead atoms. The predicted octanol–water partition coefficient (Wildman–Crippen LogP) is 4.03. The first-order chi connectivity index (χ1) is 9.88. The van der Waals surface area contributed by atoms with Gasteiger partial charge in [-0.05, 0) is 30.9 Å². The largest absolute Gasteiger partial charge is 0.417 e. The Hall–Kier alpha value is -1.11. The van der Waals surface area contributed by atoms with Gasteiger partial charge in [0.1, 0.15) is 5.69 Å². The molecule has 1 unspecified atom stereocenters. The molecule has 0 spiro atoms. The second-order valence-corrected chi connectivity index (χ2v) is 5.57. The third-order valence-electron chi connectivity index (χ3n) is 3.09. The van der Waals surface area contributed by atoms with E-state index in [1.165, 1.54) is 0 Å². The molecule has 118 valence electrons. The van der Waals surface area contributed by atoms with Crippen LogP contribution in [0.25, 0.3) is 0 Å². The molecule has 1 aromatic rings. The SMILES string of the molecule is CCCC(CCBr)CNC(=O)c1ccc(C(F)(F)F)cn1. The second-order valence-electron chi connectivity index (χ2n) is 4.77. The monoisotopic (exact) mass is 366 g/mol. The Balaban J connectivity index is 2.59. The van der Waals surface area contributed by atoms with E-state index >= 15 is 0 Å². The highest BCUT2D eigenvalue weighted by molar-refractivity contribution is 9.09. The molecule has 3 nitrogen and oxygen atoms in total. The van der Waals surface area contributed by atoms with Crippen molar-refractivity contribution in [2.75, 3.05) is 11.9 Å². The molecule has 1 N–H and O–H groups in total. The van der Waals surface area contributed by atoms with Crippen LogP contribution in [0.15, 0.2) is 18.3 Å². The zero-order valence-electron chi connectivity index (χ0n) is 11.7. The van der Waals surface area contributed by atoms with Crippen molar-refractivity contribution in [1.29, 1.82) is 0 Å². The van der Waals surface area contributed by atoms with Crippen LogP contribution >= 0.6 is 15.9 Å². The van der Waals surface area contributed by atoms with Crippen LogP contribution < -0.4 is 5.32 Å². The molecule has 1 aromatic heterocycles. The molecule has 1 atom stereocenters. The normalized spacial score (nSPS) is 13.0. The molecule has 1 heterocycles. The molecule has 21 heavy (non-hydrogen) atoms. The van der Waals surface area contributed by atoms with Crippen LogP contribution in [-0.2, 0) is 6.18 Å². The molecule has 0 aromatic carbocycles. The molecule has 7 heteroatoms. The van der Waals surface area contributed by atoms with Crippen molar-refractivity contribution in [2.45, 2.75) is 32.4 Å². The Morgan fingerprint density at radius 2 is 2.10 bits per heavy atom. The first kappa shape index (κ1) is 17.9. The lowest BCUT2D eigenvalue weighted by molar-refractivity contribution is -0.137. The van der Waals surface area contributed by atoms with Crippen LogP contribution in [0.1, 0.15) is 42.2 Å².